The van der Waals surface area contributed by atoms with Gasteiger partial charge in [0.1, 0.15) is 0 Å². The summed E-state index contributed by atoms with van der Waals surface area (Å²) in [5, 5.41) is 8.48. The molecule has 0 amide bonds. The normalized spacial score (nSPS) is 21.1. The molecule has 5 nitrogen and oxygen atoms in total. The molecule has 66 valence electrons. The van der Waals surface area contributed by atoms with Crippen LogP contribution in [0.15, 0.2) is 11.8 Å². The third kappa shape index (κ3) is 1.55. The summed E-state index contributed by atoms with van der Waals surface area (Å²) < 4.78 is 9.10. The Morgan fingerprint density at radius 2 is 2.42 bits per heavy atom. The van der Waals surface area contributed by atoms with E-state index in [-0.39, 0.29) is 12.2 Å². The van der Waals surface area contributed by atoms with Gasteiger partial charge in [0, 0.05) is 6.42 Å². The molecule has 1 aliphatic heterocycles. The van der Waals surface area contributed by atoms with Crippen molar-refractivity contribution in [3.05, 3.63) is 11.8 Å². The lowest BCUT2D eigenvalue weighted by molar-refractivity contribution is -0.149. The summed E-state index contributed by atoms with van der Waals surface area (Å²) in [4.78, 5) is 21.1. The van der Waals surface area contributed by atoms with Gasteiger partial charge in [-0.1, -0.05) is 0 Å². The van der Waals surface area contributed by atoms with Crippen LogP contribution in [0.3, 0.4) is 0 Å². The number of esters is 1. The molecule has 1 rings (SSSR count). The van der Waals surface area contributed by atoms with Crippen LogP contribution in [0.4, 0.5) is 0 Å². The second-order valence-electron chi connectivity index (χ2n) is 2.24. The number of carbonyl (C=O) groups is 2. The Morgan fingerprint density at radius 1 is 1.75 bits per heavy atom. The second kappa shape index (κ2) is 3.25. The third-order valence-corrected chi connectivity index (χ3v) is 1.45. The number of carboxylic acid groups (broad SMARTS) is 1. The van der Waals surface area contributed by atoms with Gasteiger partial charge in [0.15, 0.2) is 6.10 Å². The first-order valence-electron chi connectivity index (χ1n) is 3.33. The predicted octanol–water partition coefficient (Wildman–Crippen LogP) is -0.0832. The van der Waals surface area contributed by atoms with E-state index in [9.17, 15) is 9.59 Å². The van der Waals surface area contributed by atoms with Crippen LogP contribution in [0.25, 0.3) is 0 Å². The number of rotatable bonds is 2. The van der Waals surface area contributed by atoms with Gasteiger partial charge in [-0.15, -0.1) is 0 Å². The molecule has 1 aliphatic rings. The van der Waals surface area contributed by atoms with Gasteiger partial charge in [-0.3, -0.25) is 0 Å². The average molecular weight is 172 g/mol. The molecule has 0 aromatic heterocycles. The highest BCUT2D eigenvalue weighted by atomic mass is 16.6. The van der Waals surface area contributed by atoms with Crippen molar-refractivity contribution in [3.8, 4) is 0 Å². The summed E-state index contributed by atoms with van der Waals surface area (Å²) in [7, 11) is 1.21. The smallest absolute Gasteiger partial charge is 0.373 e. The summed E-state index contributed by atoms with van der Waals surface area (Å²) in [5.74, 6) is -1.74. The number of carbonyl (C=O) groups excluding carboxylic acids is 1. The molecule has 1 heterocycles. The molecule has 0 saturated carbocycles. The van der Waals surface area contributed by atoms with E-state index in [4.69, 9.17) is 9.84 Å². The molecule has 12 heavy (non-hydrogen) atoms. The van der Waals surface area contributed by atoms with Crippen molar-refractivity contribution in [2.24, 2.45) is 0 Å². The van der Waals surface area contributed by atoms with Crippen LogP contribution in [-0.2, 0) is 19.1 Å². The van der Waals surface area contributed by atoms with Gasteiger partial charge in [-0.2, -0.15) is 0 Å². The quantitative estimate of drug-likeness (QED) is 0.589. The molecule has 1 atom stereocenters. The first kappa shape index (κ1) is 8.58. The fourth-order valence-electron chi connectivity index (χ4n) is 0.847. The largest absolute Gasteiger partial charge is 0.478 e. The van der Waals surface area contributed by atoms with E-state index in [1.165, 1.54) is 13.2 Å². The molecule has 0 spiro atoms. The predicted molar refractivity (Wildman–Crippen MR) is 37.2 cm³/mol. The molecule has 0 aromatic carbocycles. The molecule has 5 heteroatoms. The Kier molecular flexibility index (Phi) is 2.32. The van der Waals surface area contributed by atoms with E-state index < -0.39 is 18.0 Å². The molecule has 0 aliphatic carbocycles. The van der Waals surface area contributed by atoms with Crippen molar-refractivity contribution in [1.29, 1.82) is 0 Å². The Labute approximate surface area is 68.6 Å². The van der Waals surface area contributed by atoms with Gasteiger partial charge in [-0.05, 0) is 6.08 Å². The van der Waals surface area contributed by atoms with Crippen molar-refractivity contribution in [1.82, 2.24) is 0 Å². The highest BCUT2D eigenvalue weighted by Gasteiger charge is 2.28. The van der Waals surface area contributed by atoms with Gasteiger partial charge in [-0.25, -0.2) is 9.59 Å². The van der Waals surface area contributed by atoms with E-state index in [1.807, 2.05) is 0 Å². The lowest BCUT2D eigenvalue weighted by Gasteiger charge is -2.06. The van der Waals surface area contributed by atoms with E-state index in [0.29, 0.717) is 0 Å². The molecule has 0 fully saturated rings. The first-order valence-corrected chi connectivity index (χ1v) is 3.33. The maximum absolute atomic E-state index is 10.8. The monoisotopic (exact) mass is 172 g/mol. The topological polar surface area (TPSA) is 72.8 Å². The number of aliphatic carboxylic acids is 1. The number of ether oxygens (including phenoxy) is 2. The van der Waals surface area contributed by atoms with Crippen LogP contribution in [0.2, 0.25) is 0 Å². The van der Waals surface area contributed by atoms with E-state index in [0.717, 1.165) is 0 Å². The van der Waals surface area contributed by atoms with Gasteiger partial charge < -0.3 is 14.6 Å². The molecule has 0 bridgehead atoms. The zero-order valence-corrected chi connectivity index (χ0v) is 6.44. The summed E-state index contributed by atoms with van der Waals surface area (Å²) in [6.07, 6.45) is 0.670. The number of methoxy groups -OCH3 is 1. The zero-order valence-electron chi connectivity index (χ0n) is 6.44. The number of carboxylic acids is 1. The highest BCUT2D eigenvalue weighted by molar-refractivity contribution is 5.88. The SMILES string of the molecule is COC(=O)C1=CCC(C(=O)O)O1. The van der Waals surface area contributed by atoms with Crippen LogP contribution in [0.5, 0.6) is 0 Å². The summed E-state index contributed by atoms with van der Waals surface area (Å²) in [5.41, 5.74) is 0. The zero-order chi connectivity index (χ0) is 9.14. The molecule has 0 aromatic rings. The van der Waals surface area contributed by atoms with E-state index >= 15 is 0 Å². The van der Waals surface area contributed by atoms with E-state index in [2.05, 4.69) is 4.74 Å². The fraction of sp³-hybridized carbons (Fsp3) is 0.429. The highest BCUT2D eigenvalue weighted by Crippen LogP contribution is 2.17. The lowest BCUT2D eigenvalue weighted by Crippen LogP contribution is -2.20. The standard InChI is InChI=1S/C7H8O5/c1-11-7(10)5-3-2-4(12-5)6(8)9/h3-4H,2H2,1H3,(H,8,9). The van der Waals surface area contributed by atoms with Crippen LogP contribution in [0, 0.1) is 0 Å². The fourth-order valence-corrected chi connectivity index (χ4v) is 0.847. The molecule has 0 radical (unpaired) electrons. The minimum atomic E-state index is -1.08. The van der Waals surface area contributed by atoms with Gasteiger partial charge >= 0.3 is 11.9 Å². The number of hydrogen-bond donors (Lipinski definition) is 1. The van der Waals surface area contributed by atoms with Gasteiger partial charge in [0.2, 0.25) is 5.76 Å². The van der Waals surface area contributed by atoms with Crippen LogP contribution in [0.1, 0.15) is 6.42 Å². The second-order valence-corrected chi connectivity index (χ2v) is 2.24. The first-order chi connectivity index (χ1) is 5.65. The van der Waals surface area contributed by atoms with Crippen molar-refractivity contribution < 1.29 is 24.2 Å². The summed E-state index contributed by atoms with van der Waals surface area (Å²) >= 11 is 0. The molecule has 1 unspecified atom stereocenters. The minimum Gasteiger partial charge on any atom is -0.478 e. The van der Waals surface area contributed by atoms with Gasteiger partial charge in [0.05, 0.1) is 7.11 Å². The van der Waals surface area contributed by atoms with Crippen LogP contribution < -0.4 is 0 Å². The molecule has 1 N–H and O–H groups in total. The Balaban J connectivity index is 2.54. The Morgan fingerprint density at radius 3 is 2.83 bits per heavy atom. The number of hydrogen-bond acceptors (Lipinski definition) is 4. The van der Waals surface area contributed by atoms with Crippen molar-refractivity contribution in [2.75, 3.05) is 7.11 Å². The maximum atomic E-state index is 10.8. The average Bonchev–Trinajstić information content (AvgIpc) is 2.51. The van der Waals surface area contributed by atoms with Crippen LogP contribution in [-0.4, -0.2) is 30.3 Å². The van der Waals surface area contributed by atoms with Crippen molar-refractivity contribution in [3.63, 3.8) is 0 Å². The van der Waals surface area contributed by atoms with Crippen molar-refractivity contribution >= 4 is 11.9 Å². The molecular formula is C7H8O5. The maximum Gasteiger partial charge on any atom is 0.373 e. The third-order valence-electron chi connectivity index (χ3n) is 1.45. The minimum absolute atomic E-state index is 0.0232. The molecular weight excluding hydrogens is 164 g/mol. The van der Waals surface area contributed by atoms with Gasteiger partial charge in [0.25, 0.3) is 0 Å². The Bertz CT molecular complexity index is 242. The lowest BCUT2D eigenvalue weighted by atomic mass is 10.3. The Hall–Kier alpha value is -1.52. The summed E-state index contributed by atoms with van der Waals surface area (Å²) in [6.45, 7) is 0. The van der Waals surface area contributed by atoms with Crippen LogP contribution >= 0.6 is 0 Å². The molecule has 0 saturated heterocycles. The summed E-state index contributed by atoms with van der Waals surface area (Å²) in [6, 6.07) is 0. The van der Waals surface area contributed by atoms with Crippen molar-refractivity contribution in [2.45, 2.75) is 12.5 Å². The van der Waals surface area contributed by atoms with E-state index in [1.54, 1.807) is 0 Å².